The Morgan fingerprint density at radius 1 is 1.14 bits per heavy atom. The Kier molecular flexibility index (Phi) is 4.90. The Labute approximate surface area is 130 Å². The van der Waals surface area contributed by atoms with Crippen molar-refractivity contribution < 1.29 is 19.1 Å². The van der Waals surface area contributed by atoms with E-state index in [1.165, 1.54) is 7.11 Å². The monoisotopic (exact) mass is 306 g/mol. The maximum atomic E-state index is 12.2. The van der Waals surface area contributed by atoms with Gasteiger partial charge in [-0.05, 0) is 32.4 Å². The third-order valence-corrected chi connectivity index (χ3v) is 3.56. The molecule has 6 nitrogen and oxygen atoms in total. The highest BCUT2D eigenvalue weighted by Gasteiger charge is 2.48. The van der Waals surface area contributed by atoms with E-state index in [4.69, 9.17) is 9.47 Å². The molecule has 0 bridgehead atoms. The van der Waals surface area contributed by atoms with Crippen LogP contribution in [0.25, 0.3) is 0 Å². The van der Waals surface area contributed by atoms with Crippen LogP contribution in [0.15, 0.2) is 18.2 Å². The summed E-state index contributed by atoms with van der Waals surface area (Å²) in [6, 6.07) is 5.25. The second-order valence-electron chi connectivity index (χ2n) is 5.67. The standard InChI is InChI=1S/C16H22N2O4/c1-9(2)17-15(19)11-8-12(11)16(20)18-13-6-5-10(21-3)7-14(13)22-4/h5-7,9,11-12H,8H2,1-4H3,(H,17,19)(H,18,20). The zero-order valence-electron chi connectivity index (χ0n) is 13.3. The number of carbonyl (C=O) groups excluding carboxylic acids is 2. The summed E-state index contributed by atoms with van der Waals surface area (Å²) in [4.78, 5) is 24.1. The lowest BCUT2D eigenvalue weighted by Gasteiger charge is -2.12. The predicted octanol–water partition coefficient (Wildman–Crippen LogP) is 1.80. The zero-order chi connectivity index (χ0) is 16.3. The molecular weight excluding hydrogens is 284 g/mol. The first-order valence-corrected chi connectivity index (χ1v) is 7.29. The molecule has 1 saturated carbocycles. The lowest BCUT2D eigenvalue weighted by Crippen LogP contribution is -2.32. The van der Waals surface area contributed by atoms with Gasteiger partial charge < -0.3 is 20.1 Å². The van der Waals surface area contributed by atoms with E-state index in [9.17, 15) is 9.59 Å². The second kappa shape index (κ2) is 6.68. The van der Waals surface area contributed by atoms with Crippen LogP contribution in [0.3, 0.4) is 0 Å². The summed E-state index contributed by atoms with van der Waals surface area (Å²) in [5, 5.41) is 5.64. The molecule has 0 heterocycles. The van der Waals surface area contributed by atoms with E-state index >= 15 is 0 Å². The molecule has 6 heteroatoms. The molecule has 22 heavy (non-hydrogen) atoms. The molecule has 0 saturated heterocycles. The van der Waals surface area contributed by atoms with Gasteiger partial charge in [0.2, 0.25) is 11.8 Å². The van der Waals surface area contributed by atoms with Crippen molar-refractivity contribution in [2.75, 3.05) is 19.5 Å². The third kappa shape index (κ3) is 3.69. The van der Waals surface area contributed by atoms with Crippen LogP contribution in [0.4, 0.5) is 5.69 Å². The van der Waals surface area contributed by atoms with Crippen molar-refractivity contribution in [1.29, 1.82) is 0 Å². The number of hydrogen-bond acceptors (Lipinski definition) is 4. The van der Waals surface area contributed by atoms with Crippen molar-refractivity contribution in [2.45, 2.75) is 26.3 Å². The van der Waals surface area contributed by atoms with Crippen LogP contribution in [0.2, 0.25) is 0 Å². The summed E-state index contributed by atoms with van der Waals surface area (Å²) in [6.45, 7) is 3.80. The number of ether oxygens (including phenoxy) is 2. The minimum absolute atomic E-state index is 0.0585. The van der Waals surface area contributed by atoms with Crippen LogP contribution >= 0.6 is 0 Å². The van der Waals surface area contributed by atoms with Gasteiger partial charge in [0, 0.05) is 12.1 Å². The van der Waals surface area contributed by atoms with E-state index in [-0.39, 0.29) is 29.7 Å². The fraction of sp³-hybridized carbons (Fsp3) is 0.500. The summed E-state index contributed by atoms with van der Waals surface area (Å²) in [6.07, 6.45) is 0.586. The Morgan fingerprint density at radius 3 is 2.41 bits per heavy atom. The summed E-state index contributed by atoms with van der Waals surface area (Å²) in [5.74, 6) is 0.452. The van der Waals surface area contributed by atoms with Crippen molar-refractivity contribution >= 4 is 17.5 Å². The minimum Gasteiger partial charge on any atom is -0.497 e. The van der Waals surface area contributed by atoms with Gasteiger partial charge in [-0.3, -0.25) is 9.59 Å². The lowest BCUT2D eigenvalue weighted by atomic mass is 10.2. The summed E-state index contributed by atoms with van der Waals surface area (Å²) in [5.41, 5.74) is 0.572. The molecule has 1 aromatic carbocycles. The summed E-state index contributed by atoms with van der Waals surface area (Å²) in [7, 11) is 3.09. The Balaban J connectivity index is 1.98. The molecule has 2 N–H and O–H groups in total. The molecule has 0 aromatic heterocycles. The van der Waals surface area contributed by atoms with E-state index in [2.05, 4.69) is 10.6 Å². The van der Waals surface area contributed by atoms with Crippen LogP contribution < -0.4 is 20.1 Å². The van der Waals surface area contributed by atoms with Crippen molar-refractivity contribution in [1.82, 2.24) is 5.32 Å². The molecule has 2 unspecified atom stereocenters. The fourth-order valence-electron chi connectivity index (χ4n) is 2.29. The smallest absolute Gasteiger partial charge is 0.228 e. The van der Waals surface area contributed by atoms with Gasteiger partial charge in [-0.25, -0.2) is 0 Å². The van der Waals surface area contributed by atoms with Crippen molar-refractivity contribution in [3.8, 4) is 11.5 Å². The molecular formula is C16H22N2O4. The number of methoxy groups -OCH3 is 2. The normalized spacial score (nSPS) is 19.5. The first kappa shape index (κ1) is 16.1. The first-order valence-electron chi connectivity index (χ1n) is 7.29. The van der Waals surface area contributed by atoms with Gasteiger partial charge in [-0.1, -0.05) is 0 Å². The topological polar surface area (TPSA) is 76.7 Å². The molecule has 2 amide bonds. The van der Waals surface area contributed by atoms with Gasteiger partial charge in [-0.2, -0.15) is 0 Å². The zero-order valence-corrected chi connectivity index (χ0v) is 13.3. The van der Waals surface area contributed by atoms with Gasteiger partial charge in [0.25, 0.3) is 0 Å². The summed E-state index contributed by atoms with van der Waals surface area (Å²) >= 11 is 0. The maximum Gasteiger partial charge on any atom is 0.228 e. The van der Waals surface area contributed by atoms with E-state index in [1.807, 2.05) is 13.8 Å². The van der Waals surface area contributed by atoms with Crippen molar-refractivity contribution in [2.24, 2.45) is 11.8 Å². The van der Waals surface area contributed by atoms with E-state index in [0.717, 1.165) is 0 Å². The van der Waals surface area contributed by atoms with Crippen molar-refractivity contribution in [3.05, 3.63) is 18.2 Å². The van der Waals surface area contributed by atoms with E-state index < -0.39 is 0 Å². The van der Waals surface area contributed by atoms with E-state index in [0.29, 0.717) is 23.6 Å². The number of nitrogens with one attached hydrogen (secondary N) is 2. The fourth-order valence-corrected chi connectivity index (χ4v) is 2.29. The molecule has 120 valence electrons. The van der Waals surface area contributed by atoms with Crippen LogP contribution in [0.5, 0.6) is 11.5 Å². The number of rotatable bonds is 6. The SMILES string of the molecule is COc1ccc(NC(=O)C2CC2C(=O)NC(C)C)c(OC)c1. The minimum atomic E-state index is -0.273. The molecule has 2 rings (SSSR count). The molecule has 0 radical (unpaired) electrons. The number of benzene rings is 1. The first-order chi connectivity index (χ1) is 10.5. The number of anilines is 1. The molecule has 1 aliphatic rings. The number of amides is 2. The van der Waals surface area contributed by atoms with Crippen molar-refractivity contribution in [3.63, 3.8) is 0 Å². The highest BCUT2D eigenvalue weighted by molar-refractivity contribution is 6.00. The Morgan fingerprint density at radius 2 is 1.82 bits per heavy atom. The number of carbonyl (C=O) groups is 2. The highest BCUT2D eigenvalue weighted by Crippen LogP contribution is 2.40. The number of hydrogen-bond donors (Lipinski definition) is 2. The maximum absolute atomic E-state index is 12.2. The third-order valence-electron chi connectivity index (χ3n) is 3.56. The average molecular weight is 306 g/mol. The molecule has 1 aromatic rings. The van der Waals surface area contributed by atoms with Gasteiger partial charge >= 0.3 is 0 Å². The van der Waals surface area contributed by atoms with Gasteiger partial charge in [0.15, 0.2) is 0 Å². The molecule has 1 aliphatic carbocycles. The Bertz CT molecular complexity index is 571. The van der Waals surface area contributed by atoms with Gasteiger partial charge in [-0.15, -0.1) is 0 Å². The average Bonchev–Trinajstić information content (AvgIpc) is 3.27. The van der Waals surface area contributed by atoms with E-state index in [1.54, 1.807) is 25.3 Å². The molecule has 0 aliphatic heterocycles. The molecule has 2 atom stereocenters. The van der Waals surface area contributed by atoms with Crippen LogP contribution in [-0.2, 0) is 9.59 Å². The highest BCUT2D eigenvalue weighted by atomic mass is 16.5. The van der Waals surface area contributed by atoms with Crippen LogP contribution in [0, 0.1) is 11.8 Å². The summed E-state index contributed by atoms with van der Waals surface area (Å²) < 4.78 is 10.4. The second-order valence-corrected chi connectivity index (χ2v) is 5.67. The van der Waals surface area contributed by atoms with Gasteiger partial charge in [0.1, 0.15) is 11.5 Å². The largest absolute Gasteiger partial charge is 0.497 e. The Hall–Kier alpha value is -2.24. The van der Waals surface area contributed by atoms with Crippen LogP contribution in [0.1, 0.15) is 20.3 Å². The molecule has 1 fully saturated rings. The van der Waals surface area contributed by atoms with Gasteiger partial charge in [0.05, 0.1) is 31.7 Å². The quantitative estimate of drug-likeness (QED) is 0.840. The molecule has 0 spiro atoms. The van der Waals surface area contributed by atoms with Crippen LogP contribution in [-0.4, -0.2) is 32.1 Å². The predicted molar refractivity (Wildman–Crippen MR) is 83.1 cm³/mol. The lowest BCUT2D eigenvalue weighted by molar-refractivity contribution is -0.125.